The van der Waals surface area contributed by atoms with Gasteiger partial charge in [0.15, 0.2) is 5.65 Å². The van der Waals surface area contributed by atoms with Crippen molar-refractivity contribution in [3.05, 3.63) is 96.0 Å². The normalized spacial score (nSPS) is 11.9. The summed E-state index contributed by atoms with van der Waals surface area (Å²) in [6.07, 6.45) is 5.43. The summed E-state index contributed by atoms with van der Waals surface area (Å²) in [6.45, 7) is 1.86. The number of imidazole rings is 1. The molecule has 0 fully saturated rings. The van der Waals surface area contributed by atoms with Gasteiger partial charge in [-0.3, -0.25) is 10.4 Å². The summed E-state index contributed by atoms with van der Waals surface area (Å²) < 4.78 is 16.4. The van der Waals surface area contributed by atoms with Gasteiger partial charge in [-0.25, -0.2) is 18.9 Å². The highest BCUT2D eigenvalue weighted by atomic mass is 19.1. The van der Waals surface area contributed by atoms with E-state index in [2.05, 4.69) is 30.6 Å². The van der Waals surface area contributed by atoms with Crippen LogP contribution in [0.5, 0.6) is 0 Å². The van der Waals surface area contributed by atoms with Crippen LogP contribution in [0, 0.1) is 5.82 Å². The number of aromatic nitrogens is 5. The number of hydrogen-bond acceptors (Lipinski definition) is 6. The fourth-order valence-corrected chi connectivity index (χ4v) is 3.33. The van der Waals surface area contributed by atoms with E-state index in [0.717, 1.165) is 11.1 Å². The Morgan fingerprint density at radius 1 is 1.03 bits per heavy atom. The first-order valence-corrected chi connectivity index (χ1v) is 9.76. The van der Waals surface area contributed by atoms with Crippen LogP contribution in [0.15, 0.2) is 78.3 Å². The van der Waals surface area contributed by atoms with Crippen molar-refractivity contribution in [1.82, 2.24) is 24.6 Å². The predicted octanol–water partition coefficient (Wildman–Crippen LogP) is 4.24. The molecule has 4 aromatic heterocycles. The van der Waals surface area contributed by atoms with Gasteiger partial charge >= 0.3 is 0 Å². The standard InChI is InChI=1S/C23H18FN7/c1-15(28-29-22-6-2-3-9-26-22)20-7-8-23-27-14-18(31(23)30-20)12-17-11-16-5-4-10-25-21(16)13-19(17)24/h2-11,13-14H,12H2,1H3,(H,26,29)/b28-15-. The molecule has 31 heavy (non-hydrogen) atoms. The minimum Gasteiger partial charge on any atom is -0.261 e. The maximum atomic E-state index is 14.7. The Labute approximate surface area is 177 Å². The lowest BCUT2D eigenvalue weighted by atomic mass is 10.1. The maximum absolute atomic E-state index is 14.7. The van der Waals surface area contributed by atoms with Crippen LogP contribution in [0.1, 0.15) is 23.9 Å². The fourth-order valence-electron chi connectivity index (χ4n) is 3.33. The minimum absolute atomic E-state index is 0.297. The quantitative estimate of drug-likeness (QED) is 0.346. The predicted molar refractivity (Wildman–Crippen MR) is 118 cm³/mol. The zero-order chi connectivity index (χ0) is 21.2. The molecule has 0 saturated heterocycles. The van der Waals surface area contributed by atoms with Gasteiger partial charge in [-0.15, -0.1) is 0 Å². The van der Waals surface area contributed by atoms with Gasteiger partial charge in [-0.05, 0) is 48.9 Å². The van der Waals surface area contributed by atoms with Gasteiger partial charge in [0.05, 0.1) is 23.1 Å². The third kappa shape index (κ3) is 3.83. The Hall–Kier alpha value is -4.20. The highest BCUT2D eigenvalue weighted by Crippen LogP contribution is 2.20. The van der Waals surface area contributed by atoms with Gasteiger partial charge in [0.25, 0.3) is 0 Å². The molecule has 0 amide bonds. The molecule has 5 rings (SSSR count). The molecule has 0 aliphatic heterocycles. The number of rotatable bonds is 5. The van der Waals surface area contributed by atoms with E-state index < -0.39 is 0 Å². The van der Waals surface area contributed by atoms with Crippen molar-refractivity contribution in [2.45, 2.75) is 13.3 Å². The highest BCUT2D eigenvalue weighted by molar-refractivity contribution is 5.97. The van der Waals surface area contributed by atoms with Gasteiger partial charge in [-0.1, -0.05) is 12.1 Å². The number of fused-ring (bicyclic) bond motifs is 2. The van der Waals surface area contributed by atoms with E-state index >= 15 is 0 Å². The molecule has 0 saturated carbocycles. The molecule has 0 aliphatic rings. The lowest BCUT2D eigenvalue weighted by Gasteiger charge is -2.07. The van der Waals surface area contributed by atoms with E-state index in [1.165, 1.54) is 6.07 Å². The first kappa shape index (κ1) is 18.8. The highest BCUT2D eigenvalue weighted by Gasteiger charge is 2.12. The Bertz CT molecular complexity index is 1410. The van der Waals surface area contributed by atoms with E-state index in [1.54, 1.807) is 23.1 Å². The molecule has 0 bridgehead atoms. The van der Waals surface area contributed by atoms with Crippen molar-refractivity contribution in [2.24, 2.45) is 5.10 Å². The van der Waals surface area contributed by atoms with Crippen LogP contribution in [0.3, 0.4) is 0 Å². The minimum atomic E-state index is -0.297. The maximum Gasteiger partial charge on any atom is 0.153 e. The van der Waals surface area contributed by atoms with Crippen molar-refractivity contribution in [3.8, 4) is 0 Å². The van der Waals surface area contributed by atoms with E-state index in [1.807, 2.05) is 55.5 Å². The number of halogens is 1. The summed E-state index contributed by atoms with van der Waals surface area (Å²) in [5.74, 6) is 0.349. The van der Waals surface area contributed by atoms with Crippen molar-refractivity contribution < 1.29 is 4.39 Å². The largest absolute Gasteiger partial charge is 0.261 e. The third-order valence-corrected chi connectivity index (χ3v) is 4.95. The number of anilines is 1. The average Bonchev–Trinajstić information content (AvgIpc) is 3.20. The molecule has 152 valence electrons. The summed E-state index contributed by atoms with van der Waals surface area (Å²) in [7, 11) is 0. The van der Waals surface area contributed by atoms with Crippen LogP contribution < -0.4 is 5.43 Å². The molecule has 8 heteroatoms. The molecule has 5 aromatic rings. The third-order valence-electron chi connectivity index (χ3n) is 4.95. The molecule has 0 radical (unpaired) electrons. The van der Waals surface area contributed by atoms with Gasteiger partial charge in [-0.2, -0.15) is 10.2 Å². The van der Waals surface area contributed by atoms with Crippen molar-refractivity contribution >= 4 is 28.1 Å². The van der Waals surface area contributed by atoms with Crippen molar-refractivity contribution in [3.63, 3.8) is 0 Å². The zero-order valence-corrected chi connectivity index (χ0v) is 16.7. The molecular formula is C23H18FN7. The van der Waals surface area contributed by atoms with Gasteiger partial charge < -0.3 is 0 Å². The van der Waals surface area contributed by atoms with Crippen LogP contribution in [-0.2, 0) is 6.42 Å². The monoisotopic (exact) mass is 411 g/mol. The lowest BCUT2D eigenvalue weighted by molar-refractivity contribution is 0.614. The second-order valence-electron chi connectivity index (χ2n) is 7.08. The van der Waals surface area contributed by atoms with Crippen molar-refractivity contribution in [1.29, 1.82) is 0 Å². The van der Waals surface area contributed by atoms with E-state index in [9.17, 15) is 4.39 Å². The molecule has 0 atom stereocenters. The van der Waals surface area contributed by atoms with E-state index in [-0.39, 0.29) is 5.82 Å². The van der Waals surface area contributed by atoms with Crippen LogP contribution in [-0.4, -0.2) is 30.3 Å². The summed E-state index contributed by atoms with van der Waals surface area (Å²) in [5, 5.41) is 9.92. The summed E-state index contributed by atoms with van der Waals surface area (Å²) in [6, 6.07) is 16.3. The van der Waals surface area contributed by atoms with Crippen molar-refractivity contribution in [2.75, 3.05) is 5.43 Å². The molecule has 0 unspecified atom stereocenters. The molecule has 1 N–H and O–H groups in total. The first-order chi connectivity index (χ1) is 15.2. The number of pyridine rings is 2. The SMILES string of the molecule is C/C(=N/Nc1ccccn1)c1ccc2ncc(Cc3cc4cccnc4cc3F)n2n1. The Morgan fingerprint density at radius 3 is 2.81 bits per heavy atom. The van der Waals surface area contributed by atoms with Gasteiger partial charge in [0.2, 0.25) is 0 Å². The fraction of sp³-hybridized carbons (Fsp3) is 0.0870. The Kier molecular flexibility index (Phi) is 4.80. The summed E-state index contributed by atoms with van der Waals surface area (Å²) in [5.41, 5.74) is 6.96. The zero-order valence-electron chi connectivity index (χ0n) is 16.7. The molecule has 0 spiro atoms. The second kappa shape index (κ2) is 7.91. The van der Waals surface area contributed by atoms with Crippen LogP contribution in [0.2, 0.25) is 0 Å². The average molecular weight is 411 g/mol. The number of hydrazone groups is 1. The topological polar surface area (TPSA) is 80.4 Å². The first-order valence-electron chi connectivity index (χ1n) is 9.76. The Morgan fingerprint density at radius 2 is 1.94 bits per heavy atom. The van der Waals surface area contributed by atoms with Gasteiger partial charge in [0, 0.05) is 30.3 Å². The van der Waals surface area contributed by atoms with E-state index in [0.29, 0.717) is 40.4 Å². The Balaban J connectivity index is 1.46. The summed E-state index contributed by atoms with van der Waals surface area (Å²) in [4.78, 5) is 12.8. The number of benzene rings is 1. The molecule has 1 aromatic carbocycles. The van der Waals surface area contributed by atoms with Crippen LogP contribution >= 0.6 is 0 Å². The molecule has 4 heterocycles. The summed E-state index contributed by atoms with van der Waals surface area (Å²) >= 11 is 0. The smallest absolute Gasteiger partial charge is 0.153 e. The molecule has 7 nitrogen and oxygen atoms in total. The second-order valence-corrected chi connectivity index (χ2v) is 7.08. The molecular weight excluding hydrogens is 393 g/mol. The number of hydrogen-bond donors (Lipinski definition) is 1. The number of nitrogens with one attached hydrogen (secondary N) is 1. The van der Waals surface area contributed by atoms with Crippen LogP contribution in [0.4, 0.5) is 10.2 Å². The van der Waals surface area contributed by atoms with Crippen LogP contribution in [0.25, 0.3) is 16.6 Å². The number of nitrogens with zero attached hydrogens (tertiary/aromatic N) is 6. The molecule has 0 aliphatic carbocycles. The van der Waals surface area contributed by atoms with E-state index in [4.69, 9.17) is 0 Å². The van der Waals surface area contributed by atoms with Gasteiger partial charge in [0.1, 0.15) is 17.3 Å². The lowest BCUT2D eigenvalue weighted by Crippen LogP contribution is -2.08.